The van der Waals surface area contributed by atoms with Crippen LogP contribution in [0.25, 0.3) is 0 Å². The van der Waals surface area contributed by atoms with Gasteiger partial charge in [0.25, 0.3) is 0 Å². The highest BCUT2D eigenvalue weighted by Crippen LogP contribution is 2.19. The molecule has 1 rings (SSSR count). The first-order chi connectivity index (χ1) is 7.34. The summed E-state index contributed by atoms with van der Waals surface area (Å²) in [5.41, 5.74) is 0. The maximum absolute atomic E-state index is 10.7. The molecular formula is C8H12NO7-. The molecule has 0 aliphatic carbocycles. The van der Waals surface area contributed by atoms with Crippen molar-refractivity contribution in [3.63, 3.8) is 0 Å². The van der Waals surface area contributed by atoms with Gasteiger partial charge >= 0.3 is 0 Å². The van der Waals surface area contributed by atoms with Crippen molar-refractivity contribution in [3.8, 4) is 0 Å². The number of carboxylic acids is 1. The zero-order chi connectivity index (χ0) is 12.5. The predicted molar refractivity (Wildman–Crippen MR) is 45.5 cm³/mol. The van der Waals surface area contributed by atoms with E-state index in [0.717, 1.165) is 6.92 Å². The Labute approximate surface area is 90.5 Å². The van der Waals surface area contributed by atoms with E-state index in [1.807, 2.05) is 0 Å². The van der Waals surface area contributed by atoms with Crippen molar-refractivity contribution in [2.45, 2.75) is 37.6 Å². The summed E-state index contributed by atoms with van der Waals surface area (Å²) >= 11 is 0. The third kappa shape index (κ3) is 2.47. The number of aliphatic hydroxyl groups excluding tert-OH is 3. The van der Waals surface area contributed by atoms with Gasteiger partial charge in [-0.1, -0.05) is 0 Å². The average molecular weight is 234 g/mol. The smallest absolute Gasteiger partial charge is 0.217 e. The summed E-state index contributed by atoms with van der Waals surface area (Å²) < 4.78 is 4.51. The van der Waals surface area contributed by atoms with E-state index in [-0.39, 0.29) is 0 Å². The number of carboxylic acid groups (broad SMARTS) is 1. The van der Waals surface area contributed by atoms with Gasteiger partial charge in [0, 0.05) is 6.92 Å². The molecular weight excluding hydrogens is 222 g/mol. The molecule has 0 bridgehead atoms. The second kappa shape index (κ2) is 4.74. The Hall–Kier alpha value is -1.22. The van der Waals surface area contributed by atoms with E-state index in [0.29, 0.717) is 0 Å². The molecule has 92 valence electrons. The van der Waals surface area contributed by atoms with Crippen LogP contribution in [0.3, 0.4) is 0 Å². The first kappa shape index (κ1) is 12.8. The van der Waals surface area contributed by atoms with Crippen LogP contribution in [0.5, 0.6) is 0 Å². The summed E-state index contributed by atoms with van der Waals surface area (Å²) in [6.07, 6.45) is -7.01. The summed E-state index contributed by atoms with van der Waals surface area (Å²) in [5, 5.41) is 40.8. The monoisotopic (exact) mass is 234 g/mol. The van der Waals surface area contributed by atoms with Gasteiger partial charge < -0.3 is 35.3 Å². The van der Waals surface area contributed by atoms with Crippen molar-refractivity contribution >= 4 is 11.9 Å². The molecule has 1 heterocycles. The highest BCUT2D eigenvalue weighted by molar-refractivity contribution is 5.74. The fourth-order valence-electron chi connectivity index (χ4n) is 1.46. The normalized spacial score (nSPS) is 39.1. The minimum absolute atomic E-state index is 0.564. The molecule has 1 aliphatic rings. The Morgan fingerprint density at radius 1 is 1.25 bits per heavy atom. The molecule has 0 radical (unpaired) electrons. The van der Waals surface area contributed by atoms with Gasteiger partial charge in [-0.25, -0.2) is 0 Å². The first-order valence-corrected chi connectivity index (χ1v) is 4.52. The first-order valence-electron chi connectivity index (χ1n) is 4.52. The SMILES string of the molecule is CC(=O)N[C@H]1[C@@H](O)[C@H](O)[C@@H](C(=O)[O-])O[C@@H]1O. The van der Waals surface area contributed by atoms with Crippen LogP contribution in [0.1, 0.15) is 6.92 Å². The van der Waals surface area contributed by atoms with Gasteiger partial charge in [0.15, 0.2) is 6.29 Å². The van der Waals surface area contributed by atoms with Gasteiger partial charge in [-0.3, -0.25) is 4.79 Å². The van der Waals surface area contributed by atoms with Crippen molar-refractivity contribution in [2.24, 2.45) is 0 Å². The molecule has 1 fully saturated rings. The van der Waals surface area contributed by atoms with Crippen LogP contribution >= 0.6 is 0 Å². The van der Waals surface area contributed by atoms with Crippen LogP contribution in [0.4, 0.5) is 0 Å². The number of hydrogen-bond acceptors (Lipinski definition) is 7. The zero-order valence-electron chi connectivity index (χ0n) is 8.36. The molecule has 8 nitrogen and oxygen atoms in total. The highest BCUT2D eigenvalue weighted by Gasteiger charge is 2.44. The third-order valence-electron chi connectivity index (χ3n) is 2.22. The number of ether oxygens (including phenoxy) is 1. The number of aliphatic carboxylic acids is 1. The van der Waals surface area contributed by atoms with Crippen LogP contribution in [0.15, 0.2) is 0 Å². The minimum Gasteiger partial charge on any atom is -0.547 e. The molecule has 8 heteroatoms. The van der Waals surface area contributed by atoms with E-state index in [2.05, 4.69) is 10.1 Å². The zero-order valence-corrected chi connectivity index (χ0v) is 8.36. The number of hydrogen-bond donors (Lipinski definition) is 4. The Morgan fingerprint density at radius 3 is 2.25 bits per heavy atom. The van der Waals surface area contributed by atoms with E-state index < -0.39 is 42.5 Å². The van der Waals surface area contributed by atoms with E-state index >= 15 is 0 Å². The van der Waals surface area contributed by atoms with Gasteiger partial charge in [0.2, 0.25) is 5.91 Å². The fraction of sp³-hybridized carbons (Fsp3) is 0.750. The topological polar surface area (TPSA) is 139 Å². The predicted octanol–water partition coefficient (Wildman–Crippen LogP) is -4.32. The second-order valence-corrected chi connectivity index (χ2v) is 3.47. The molecule has 4 N–H and O–H groups in total. The van der Waals surface area contributed by atoms with Gasteiger partial charge in [0.05, 0.1) is 5.97 Å². The molecule has 1 amide bonds. The Kier molecular flexibility index (Phi) is 3.81. The van der Waals surface area contributed by atoms with Crippen molar-refractivity contribution in [2.75, 3.05) is 0 Å². The molecule has 5 atom stereocenters. The average Bonchev–Trinajstić information content (AvgIpc) is 2.17. The lowest BCUT2D eigenvalue weighted by molar-refractivity contribution is -0.338. The lowest BCUT2D eigenvalue weighted by atomic mass is 9.97. The van der Waals surface area contributed by atoms with Crippen molar-refractivity contribution in [1.29, 1.82) is 0 Å². The summed E-state index contributed by atoms with van der Waals surface area (Å²) in [5.74, 6) is -2.32. The molecule has 1 saturated heterocycles. The number of aliphatic hydroxyl groups is 3. The largest absolute Gasteiger partial charge is 0.547 e. The number of nitrogens with one attached hydrogen (secondary N) is 1. The standard InChI is InChI=1S/C8H13NO7/c1-2(10)9-3-4(11)5(12)6(7(13)14)16-8(3)15/h3-6,8,11-12,15H,1H3,(H,9,10)(H,13,14)/p-1/t3-,4+,5-,6-,8-/m0/s1. The van der Waals surface area contributed by atoms with Gasteiger partial charge in [-0.15, -0.1) is 0 Å². The van der Waals surface area contributed by atoms with Crippen molar-refractivity contribution in [3.05, 3.63) is 0 Å². The molecule has 0 spiro atoms. The quantitative estimate of drug-likeness (QED) is 0.379. The maximum Gasteiger partial charge on any atom is 0.217 e. The van der Waals surface area contributed by atoms with Crippen molar-refractivity contribution < 1.29 is 34.8 Å². The molecule has 0 saturated carbocycles. The molecule has 16 heavy (non-hydrogen) atoms. The highest BCUT2D eigenvalue weighted by atomic mass is 16.6. The Morgan fingerprint density at radius 2 is 1.81 bits per heavy atom. The van der Waals surface area contributed by atoms with E-state index in [9.17, 15) is 30.0 Å². The third-order valence-corrected chi connectivity index (χ3v) is 2.22. The molecule has 0 aromatic carbocycles. The summed E-state index contributed by atoms with van der Waals surface area (Å²) in [6, 6.07) is -1.29. The lowest BCUT2D eigenvalue weighted by Gasteiger charge is -2.41. The van der Waals surface area contributed by atoms with Crippen LogP contribution in [-0.2, 0) is 14.3 Å². The molecule has 0 aromatic heterocycles. The van der Waals surface area contributed by atoms with Crippen molar-refractivity contribution in [1.82, 2.24) is 5.32 Å². The van der Waals surface area contributed by atoms with E-state index in [4.69, 9.17) is 0 Å². The summed E-state index contributed by atoms with van der Waals surface area (Å²) in [7, 11) is 0. The molecule has 0 unspecified atom stereocenters. The van der Waals surface area contributed by atoms with Gasteiger partial charge in [-0.2, -0.15) is 0 Å². The fourth-order valence-corrected chi connectivity index (χ4v) is 1.46. The van der Waals surface area contributed by atoms with Crippen LogP contribution in [-0.4, -0.2) is 57.8 Å². The Balaban J connectivity index is 2.79. The summed E-state index contributed by atoms with van der Waals surface area (Å²) in [4.78, 5) is 21.2. The van der Waals surface area contributed by atoms with Gasteiger partial charge in [0.1, 0.15) is 24.4 Å². The molecule has 1 aliphatic heterocycles. The number of amides is 1. The minimum atomic E-state index is -1.84. The Bertz CT molecular complexity index is 294. The molecule has 0 aromatic rings. The van der Waals surface area contributed by atoms with Crippen LogP contribution in [0, 0.1) is 0 Å². The maximum atomic E-state index is 10.7. The van der Waals surface area contributed by atoms with Crippen LogP contribution in [0.2, 0.25) is 0 Å². The van der Waals surface area contributed by atoms with Crippen LogP contribution < -0.4 is 10.4 Å². The second-order valence-electron chi connectivity index (χ2n) is 3.47. The van der Waals surface area contributed by atoms with Gasteiger partial charge in [-0.05, 0) is 0 Å². The van der Waals surface area contributed by atoms with E-state index in [1.54, 1.807) is 0 Å². The van der Waals surface area contributed by atoms with E-state index in [1.165, 1.54) is 0 Å². The number of rotatable bonds is 2. The number of carbonyl (C=O) groups excluding carboxylic acids is 2. The summed E-state index contributed by atoms with van der Waals surface area (Å²) in [6.45, 7) is 1.14. The lowest BCUT2D eigenvalue weighted by Crippen LogP contribution is -2.66. The number of carbonyl (C=O) groups is 2.